The van der Waals surface area contributed by atoms with Gasteiger partial charge in [-0.15, -0.1) is 0 Å². The summed E-state index contributed by atoms with van der Waals surface area (Å²) in [7, 11) is 0. The lowest BCUT2D eigenvalue weighted by Gasteiger charge is -2.19. The van der Waals surface area contributed by atoms with E-state index in [1.54, 1.807) is 4.90 Å². The number of ether oxygens (including phenoxy) is 1. The lowest BCUT2D eigenvalue weighted by Crippen LogP contribution is -2.32. The zero-order chi connectivity index (χ0) is 21.1. The fourth-order valence-corrected chi connectivity index (χ4v) is 3.79. The van der Waals surface area contributed by atoms with Crippen LogP contribution >= 0.6 is 15.9 Å². The Balaban J connectivity index is 1.79. The van der Waals surface area contributed by atoms with E-state index in [0.717, 1.165) is 32.6 Å². The number of rotatable bonds is 5. The van der Waals surface area contributed by atoms with Crippen LogP contribution in [0.25, 0.3) is 6.08 Å². The Hall–Kier alpha value is -3.18. The van der Waals surface area contributed by atoms with Gasteiger partial charge >= 0.3 is 0 Å². The zero-order valence-corrected chi connectivity index (χ0v) is 18.4. The van der Waals surface area contributed by atoms with E-state index in [4.69, 9.17) is 9.73 Å². The van der Waals surface area contributed by atoms with Gasteiger partial charge in [0.15, 0.2) is 0 Å². The third kappa shape index (κ3) is 4.07. The highest BCUT2D eigenvalue weighted by molar-refractivity contribution is 9.10. The molecule has 4 rings (SSSR count). The monoisotopic (exact) mass is 460 g/mol. The number of hydrogen-bond donors (Lipinski definition) is 0. The third-order valence-electron chi connectivity index (χ3n) is 4.73. The van der Waals surface area contributed by atoms with Gasteiger partial charge in [-0.1, -0.05) is 58.4 Å². The molecule has 0 saturated heterocycles. The van der Waals surface area contributed by atoms with Gasteiger partial charge in [-0.05, 0) is 61.4 Å². The number of carbonyl (C=O) groups excluding carboxylic acids is 1. The van der Waals surface area contributed by atoms with Crippen molar-refractivity contribution in [3.63, 3.8) is 0 Å². The molecule has 150 valence electrons. The maximum Gasteiger partial charge on any atom is 0.282 e. The second kappa shape index (κ2) is 8.67. The summed E-state index contributed by atoms with van der Waals surface area (Å²) in [5.74, 6) is 1.26. The Morgan fingerprint density at radius 1 is 1.03 bits per heavy atom. The number of aliphatic imine (C=N–C) groups is 1. The van der Waals surface area contributed by atoms with Crippen LogP contribution in [-0.4, -0.2) is 18.3 Å². The first-order valence-corrected chi connectivity index (χ1v) is 10.6. The molecule has 4 nitrogen and oxygen atoms in total. The zero-order valence-electron chi connectivity index (χ0n) is 16.8. The lowest BCUT2D eigenvalue weighted by atomic mass is 10.1. The molecule has 1 aliphatic heterocycles. The molecule has 0 N–H and O–H groups in total. The van der Waals surface area contributed by atoms with Crippen LogP contribution in [0, 0.1) is 6.92 Å². The first-order chi connectivity index (χ1) is 14.6. The maximum absolute atomic E-state index is 13.4. The summed E-state index contributed by atoms with van der Waals surface area (Å²) in [4.78, 5) is 19.8. The summed E-state index contributed by atoms with van der Waals surface area (Å²) >= 11 is 3.60. The van der Waals surface area contributed by atoms with Crippen LogP contribution in [0.3, 0.4) is 0 Å². The summed E-state index contributed by atoms with van der Waals surface area (Å²) in [6, 6.07) is 23.3. The fraction of sp³-hybridized carbons (Fsp3) is 0.120. The first kappa shape index (κ1) is 20.1. The SMILES string of the molecule is CCOc1ccc(/C=C2/N=C(c3ccccc3Br)N(c3cccc(C)c3)C2=O)cc1. The number of anilines is 1. The highest BCUT2D eigenvalue weighted by Crippen LogP contribution is 2.31. The molecule has 1 heterocycles. The topological polar surface area (TPSA) is 41.9 Å². The van der Waals surface area contributed by atoms with Crippen LogP contribution in [0.5, 0.6) is 5.75 Å². The summed E-state index contributed by atoms with van der Waals surface area (Å²) in [5.41, 5.74) is 4.03. The molecular formula is C25H21BrN2O2. The minimum Gasteiger partial charge on any atom is -0.494 e. The Morgan fingerprint density at radius 2 is 1.80 bits per heavy atom. The quantitative estimate of drug-likeness (QED) is 0.438. The Bertz CT molecular complexity index is 1150. The highest BCUT2D eigenvalue weighted by Gasteiger charge is 2.33. The van der Waals surface area contributed by atoms with Crippen LogP contribution in [0.15, 0.2) is 88.0 Å². The minimum atomic E-state index is -0.153. The minimum absolute atomic E-state index is 0.153. The van der Waals surface area contributed by atoms with Crippen molar-refractivity contribution in [1.82, 2.24) is 0 Å². The molecule has 0 aliphatic carbocycles. The smallest absolute Gasteiger partial charge is 0.282 e. The Morgan fingerprint density at radius 3 is 2.50 bits per heavy atom. The molecule has 1 amide bonds. The van der Waals surface area contributed by atoms with Gasteiger partial charge in [0.05, 0.1) is 12.3 Å². The number of amidine groups is 1. The lowest BCUT2D eigenvalue weighted by molar-refractivity contribution is -0.113. The second-order valence-electron chi connectivity index (χ2n) is 6.93. The van der Waals surface area contributed by atoms with Crippen LogP contribution in [0.2, 0.25) is 0 Å². The molecule has 3 aromatic carbocycles. The average molecular weight is 461 g/mol. The molecular weight excluding hydrogens is 440 g/mol. The predicted octanol–water partition coefficient (Wildman–Crippen LogP) is 5.99. The van der Waals surface area contributed by atoms with Crippen molar-refractivity contribution in [3.05, 3.63) is 99.7 Å². The molecule has 0 spiro atoms. The van der Waals surface area contributed by atoms with Crippen LogP contribution < -0.4 is 9.64 Å². The molecule has 1 aliphatic rings. The number of nitrogens with zero attached hydrogens (tertiary/aromatic N) is 2. The number of hydrogen-bond acceptors (Lipinski definition) is 3. The maximum atomic E-state index is 13.4. The predicted molar refractivity (Wildman–Crippen MR) is 125 cm³/mol. The van der Waals surface area contributed by atoms with Crippen molar-refractivity contribution < 1.29 is 9.53 Å². The van der Waals surface area contributed by atoms with E-state index in [9.17, 15) is 4.79 Å². The van der Waals surface area contributed by atoms with Gasteiger partial charge in [0.2, 0.25) is 0 Å². The molecule has 0 saturated carbocycles. The van der Waals surface area contributed by atoms with Crippen molar-refractivity contribution in [2.75, 3.05) is 11.5 Å². The summed E-state index contributed by atoms with van der Waals surface area (Å²) in [6.07, 6.45) is 1.81. The van der Waals surface area contributed by atoms with Crippen LogP contribution in [0.1, 0.15) is 23.6 Å². The van der Waals surface area contributed by atoms with Gasteiger partial charge < -0.3 is 4.74 Å². The number of halogens is 1. The van der Waals surface area contributed by atoms with Crippen molar-refractivity contribution in [2.45, 2.75) is 13.8 Å². The second-order valence-corrected chi connectivity index (χ2v) is 7.78. The molecule has 0 radical (unpaired) electrons. The average Bonchev–Trinajstić information content (AvgIpc) is 3.06. The molecule has 30 heavy (non-hydrogen) atoms. The van der Waals surface area contributed by atoms with Gasteiger partial charge in [0.25, 0.3) is 5.91 Å². The molecule has 0 fully saturated rings. The van der Waals surface area contributed by atoms with Crippen molar-refractivity contribution >= 4 is 39.4 Å². The highest BCUT2D eigenvalue weighted by atomic mass is 79.9. The normalized spacial score (nSPS) is 14.9. The van der Waals surface area contributed by atoms with E-state index in [-0.39, 0.29) is 5.91 Å². The van der Waals surface area contributed by atoms with Crippen molar-refractivity contribution in [2.24, 2.45) is 4.99 Å². The molecule has 0 atom stereocenters. The Kier molecular flexibility index (Phi) is 5.81. The largest absolute Gasteiger partial charge is 0.494 e. The van der Waals surface area contributed by atoms with Gasteiger partial charge in [0, 0.05) is 10.0 Å². The number of benzene rings is 3. The van der Waals surface area contributed by atoms with Crippen molar-refractivity contribution in [3.8, 4) is 5.75 Å². The van der Waals surface area contributed by atoms with Gasteiger partial charge in [-0.25, -0.2) is 4.99 Å². The Labute approximate surface area is 184 Å². The molecule has 5 heteroatoms. The molecule has 3 aromatic rings. The molecule has 0 aromatic heterocycles. The standard InChI is InChI=1S/C25H21BrN2O2/c1-3-30-20-13-11-18(12-14-20)16-23-25(29)28(19-8-6-7-17(2)15-19)24(27-23)21-9-4-5-10-22(21)26/h4-16H,3H2,1-2H3/b23-16+. The van der Waals surface area contributed by atoms with E-state index in [1.165, 1.54) is 0 Å². The summed E-state index contributed by atoms with van der Waals surface area (Å²) < 4.78 is 6.38. The van der Waals surface area contributed by atoms with E-state index in [1.807, 2.05) is 92.7 Å². The van der Waals surface area contributed by atoms with E-state index in [2.05, 4.69) is 15.9 Å². The third-order valence-corrected chi connectivity index (χ3v) is 5.42. The molecule has 0 bridgehead atoms. The first-order valence-electron chi connectivity index (χ1n) is 9.76. The van der Waals surface area contributed by atoms with Crippen molar-refractivity contribution in [1.29, 1.82) is 0 Å². The van der Waals surface area contributed by atoms with E-state index < -0.39 is 0 Å². The van der Waals surface area contributed by atoms with Crippen LogP contribution in [0.4, 0.5) is 5.69 Å². The molecule has 0 unspecified atom stereocenters. The van der Waals surface area contributed by atoms with Gasteiger partial charge in [0.1, 0.15) is 17.3 Å². The fourth-order valence-electron chi connectivity index (χ4n) is 3.33. The summed E-state index contributed by atoms with van der Waals surface area (Å²) in [6.45, 7) is 4.57. The van der Waals surface area contributed by atoms with Gasteiger partial charge in [-0.3, -0.25) is 9.69 Å². The summed E-state index contributed by atoms with van der Waals surface area (Å²) in [5, 5.41) is 0. The van der Waals surface area contributed by atoms with E-state index >= 15 is 0 Å². The number of aryl methyl sites for hydroxylation is 1. The number of carbonyl (C=O) groups is 1. The van der Waals surface area contributed by atoms with Crippen LogP contribution in [-0.2, 0) is 4.79 Å². The number of amides is 1. The van der Waals surface area contributed by atoms with Gasteiger partial charge in [-0.2, -0.15) is 0 Å². The van der Waals surface area contributed by atoms with E-state index in [0.29, 0.717) is 18.1 Å².